The van der Waals surface area contributed by atoms with E-state index in [0.717, 1.165) is 25.7 Å². The Kier molecular flexibility index (Phi) is 4.14. The summed E-state index contributed by atoms with van der Waals surface area (Å²) in [5, 5.41) is 13.8. The van der Waals surface area contributed by atoms with Gasteiger partial charge in [-0.1, -0.05) is 12.8 Å². The number of amides is 2. The zero-order chi connectivity index (χ0) is 16.4. The first-order valence-corrected chi connectivity index (χ1v) is 7.69. The minimum Gasteiger partial charge on any atom is -0.311 e. The van der Waals surface area contributed by atoms with E-state index in [9.17, 15) is 9.59 Å². The molecule has 0 aliphatic heterocycles. The summed E-state index contributed by atoms with van der Waals surface area (Å²) in [7, 11) is 3.47. The van der Waals surface area contributed by atoms with E-state index in [1.807, 2.05) is 0 Å². The van der Waals surface area contributed by atoms with Crippen molar-refractivity contribution in [3.8, 4) is 0 Å². The molecule has 2 heterocycles. The maximum absolute atomic E-state index is 12.2. The Balaban J connectivity index is 1.67. The molecule has 0 atom stereocenters. The van der Waals surface area contributed by atoms with Gasteiger partial charge in [0.15, 0.2) is 11.5 Å². The van der Waals surface area contributed by atoms with Crippen molar-refractivity contribution in [1.29, 1.82) is 0 Å². The summed E-state index contributed by atoms with van der Waals surface area (Å²) in [5.41, 5.74) is 0.236. The lowest BCUT2D eigenvalue weighted by Gasteiger charge is -2.09. The molecule has 2 aromatic heterocycles. The van der Waals surface area contributed by atoms with Crippen LogP contribution in [0.25, 0.3) is 0 Å². The highest BCUT2D eigenvalue weighted by molar-refractivity contribution is 6.03. The van der Waals surface area contributed by atoms with Gasteiger partial charge in [-0.15, -0.1) is 0 Å². The first kappa shape index (κ1) is 15.3. The predicted molar refractivity (Wildman–Crippen MR) is 85.0 cm³/mol. The van der Waals surface area contributed by atoms with Gasteiger partial charge in [0, 0.05) is 38.3 Å². The Morgan fingerprint density at radius 1 is 1.17 bits per heavy atom. The maximum Gasteiger partial charge on any atom is 0.277 e. The van der Waals surface area contributed by atoms with Gasteiger partial charge in [0.05, 0.1) is 0 Å². The fraction of sp³-hybridized carbons (Fsp3) is 0.467. The lowest BCUT2D eigenvalue weighted by atomic mass is 10.1. The Morgan fingerprint density at radius 2 is 1.91 bits per heavy atom. The third-order valence-electron chi connectivity index (χ3n) is 4.04. The number of carbonyl (C=O) groups is 2. The molecule has 1 saturated carbocycles. The van der Waals surface area contributed by atoms with Crippen molar-refractivity contribution in [3.05, 3.63) is 24.0 Å². The van der Waals surface area contributed by atoms with E-state index in [-0.39, 0.29) is 23.4 Å². The van der Waals surface area contributed by atoms with Crippen molar-refractivity contribution in [2.24, 2.45) is 20.0 Å². The molecule has 8 nitrogen and oxygen atoms in total. The molecule has 1 fully saturated rings. The minimum absolute atomic E-state index is 0.00202. The van der Waals surface area contributed by atoms with E-state index in [4.69, 9.17) is 0 Å². The van der Waals surface area contributed by atoms with Crippen LogP contribution in [0.2, 0.25) is 0 Å². The van der Waals surface area contributed by atoms with Crippen LogP contribution in [0.5, 0.6) is 0 Å². The monoisotopic (exact) mass is 316 g/mol. The molecular formula is C15H20N6O2. The molecule has 8 heteroatoms. The number of hydrogen-bond donors (Lipinski definition) is 2. The van der Waals surface area contributed by atoms with Crippen LogP contribution >= 0.6 is 0 Å². The summed E-state index contributed by atoms with van der Waals surface area (Å²) in [4.78, 5) is 24.4. The second-order valence-electron chi connectivity index (χ2n) is 5.84. The Hall–Kier alpha value is -2.64. The van der Waals surface area contributed by atoms with Crippen LogP contribution in [0.3, 0.4) is 0 Å². The van der Waals surface area contributed by atoms with Gasteiger partial charge in [0.25, 0.3) is 5.91 Å². The van der Waals surface area contributed by atoms with Crippen molar-refractivity contribution in [2.75, 3.05) is 10.6 Å². The topological polar surface area (TPSA) is 93.8 Å². The van der Waals surface area contributed by atoms with Gasteiger partial charge in [0.2, 0.25) is 5.91 Å². The van der Waals surface area contributed by atoms with Gasteiger partial charge < -0.3 is 10.6 Å². The number of anilines is 2. The van der Waals surface area contributed by atoms with Crippen LogP contribution in [0.15, 0.2) is 18.3 Å². The quantitative estimate of drug-likeness (QED) is 0.894. The molecule has 2 N–H and O–H groups in total. The third-order valence-corrected chi connectivity index (χ3v) is 4.04. The van der Waals surface area contributed by atoms with Crippen molar-refractivity contribution in [1.82, 2.24) is 19.6 Å². The van der Waals surface area contributed by atoms with Gasteiger partial charge in [-0.2, -0.15) is 10.2 Å². The second kappa shape index (κ2) is 6.23. The average molecular weight is 316 g/mol. The summed E-state index contributed by atoms with van der Waals surface area (Å²) in [6, 6.07) is 3.27. The van der Waals surface area contributed by atoms with Crippen LogP contribution in [-0.4, -0.2) is 31.4 Å². The molecule has 0 bridgehead atoms. The number of hydrogen-bond acceptors (Lipinski definition) is 4. The van der Waals surface area contributed by atoms with Crippen LogP contribution in [-0.2, 0) is 18.9 Å². The number of carbonyl (C=O) groups excluding carboxylic acids is 2. The molecule has 0 unspecified atom stereocenters. The van der Waals surface area contributed by atoms with Gasteiger partial charge in [-0.05, 0) is 12.8 Å². The van der Waals surface area contributed by atoms with Crippen LogP contribution in [0, 0.1) is 5.92 Å². The lowest BCUT2D eigenvalue weighted by molar-refractivity contribution is -0.119. The summed E-state index contributed by atoms with van der Waals surface area (Å²) >= 11 is 0. The van der Waals surface area contributed by atoms with Crippen LogP contribution in [0.1, 0.15) is 36.2 Å². The first-order chi connectivity index (χ1) is 11.0. The van der Waals surface area contributed by atoms with Gasteiger partial charge in [-0.3, -0.25) is 19.0 Å². The number of aryl methyl sites for hydroxylation is 2. The maximum atomic E-state index is 12.2. The number of nitrogens with zero attached hydrogens (tertiary/aromatic N) is 4. The minimum atomic E-state index is -0.360. The molecule has 0 spiro atoms. The number of aromatic nitrogens is 4. The average Bonchev–Trinajstić information content (AvgIpc) is 3.22. The van der Waals surface area contributed by atoms with Gasteiger partial charge in [0.1, 0.15) is 5.82 Å². The second-order valence-corrected chi connectivity index (χ2v) is 5.84. The molecule has 1 aliphatic carbocycles. The predicted octanol–water partition coefficient (Wildman–Crippen LogP) is 1.53. The molecule has 23 heavy (non-hydrogen) atoms. The zero-order valence-corrected chi connectivity index (χ0v) is 13.2. The smallest absolute Gasteiger partial charge is 0.277 e. The van der Waals surface area contributed by atoms with Crippen molar-refractivity contribution in [2.45, 2.75) is 25.7 Å². The fourth-order valence-corrected chi connectivity index (χ4v) is 2.77. The highest BCUT2D eigenvalue weighted by Gasteiger charge is 2.24. The molecule has 0 aromatic carbocycles. The molecule has 2 aromatic rings. The van der Waals surface area contributed by atoms with Gasteiger partial charge >= 0.3 is 0 Å². The molecule has 2 amide bonds. The van der Waals surface area contributed by atoms with Crippen molar-refractivity contribution in [3.63, 3.8) is 0 Å². The molecule has 1 aliphatic rings. The number of rotatable bonds is 4. The summed E-state index contributed by atoms with van der Waals surface area (Å²) < 4.78 is 3.10. The van der Waals surface area contributed by atoms with Gasteiger partial charge in [-0.25, -0.2) is 0 Å². The highest BCUT2D eigenvalue weighted by Crippen LogP contribution is 2.26. The Morgan fingerprint density at radius 3 is 2.57 bits per heavy atom. The summed E-state index contributed by atoms with van der Waals surface area (Å²) in [5.74, 6) is 0.686. The normalized spacial score (nSPS) is 14.9. The molecular weight excluding hydrogens is 296 g/mol. The van der Waals surface area contributed by atoms with E-state index >= 15 is 0 Å². The molecule has 0 radical (unpaired) electrons. The molecule has 122 valence electrons. The van der Waals surface area contributed by atoms with E-state index in [1.165, 1.54) is 4.68 Å². The lowest BCUT2D eigenvalue weighted by Crippen LogP contribution is -2.21. The molecule has 3 rings (SSSR count). The standard InChI is InChI=1S/C15H20N6O2/c1-20-8-7-12(19-20)16-15(23)11-9-13(21(2)18-11)17-14(22)10-5-3-4-6-10/h7-10H,3-6H2,1-2H3,(H,17,22)(H,16,19,23). The van der Waals surface area contributed by atoms with E-state index < -0.39 is 0 Å². The third kappa shape index (κ3) is 3.41. The Bertz CT molecular complexity index is 726. The fourth-order valence-electron chi connectivity index (χ4n) is 2.77. The Labute approximate surface area is 133 Å². The SMILES string of the molecule is Cn1ccc(NC(=O)c2cc(NC(=O)C3CCCC3)n(C)n2)n1. The van der Waals surface area contributed by atoms with Crippen molar-refractivity contribution < 1.29 is 9.59 Å². The molecule has 0 saturated heterocycles. The summed E-state index contributed by atoms with van der Waals surface area (Å²) in [6.45, 7) is 0. The van der Waals surface area contributed by atoms with E-state index in [2.05, 4.69) is 20.8 Å². The number of nitrogens with one attached hydrogen (secondary N) is 2. The van der Waals surface area contributed by atoms with Crippen LogP contribution < -0.4 is 10.6 Å². The summed E-state index contributed by atoms with van der Waals surface area (Å²) in [6.07, 6.45) is 5.79. The zero-order valence-electron chi connectivity index (χ0n) is 13.2. The van der Waals surface area contributed by atoms with Crippen LogP contribution in [0.4, 0.5) is 11.6 Å². The first-order valence-electron chi connectivity index (χ1n) is 7.69. The largest absolute Gasteiger partial charge is 0.311 e. The van der Waals surface area contributed by atoms with E-state index in [0.29, 0.717) is 11.6 Å². The highest BCUT2D eigenvalue weighted by atomic mass is 16.2. The van der Waals surface area contributed by atoms with E-state index in [1.54, 1.807) is 37.1 Å². The van der Waals surface area contributed by atoms with Crippen molar-refractivity contribution >= 4 is 23.5 Å².